The first kappa shape index (κ1) is 10.9. The monoisotopic (exact) mass is 200 g/mol. The lowest BCUT2D eigenvalue weighted by Crippen LogP contribution is -2.46. The van der Waals surface area contributed by atoms with Gasteiger partial charge in [0.25, 0.3) is 6.43 Å². The third-order valence-corrected chi connectivity index (χ3v) is 1.37. The summed E-state index contributed by atoms with van der Waals surface area (Å²) in [5.74, 6) is -4.86. The van der Waals surface area contributed by atoms with Crippen molar-refractivity contribution in [3.63, 3.8) is 0 Å². The first-order valence-electron chi connectivity index (χ1n) is 2.35. The Labute approximate surface area is 63.1 Å². The van der Waals surface area contributed by atoms with Crippen LogP contribution in [0.3, 0.4) is 0 Å². The summed E-state index contributed by atoms with van der Waals surface area (Å²) in [5.41, 5.74) is 0. The molecule has 0 heterocycles. The summed E-state index contributed by atoms with van der Waals surface area (Å²) in [6, 6.07) is 0. The van der Waals surface area contributed by atoms with Gasteiger partial charge in [0, 0.05) is 0 Å². The van der Waals surface area contributed by atoms with Crippen molar-refractivity contribution in [1.29, 1.82) is 0 Å². The second-order valence-corrected chi connectivity index (χ2v) is 2.31. The number of rotatable bonds is 3. The Morgan fingerprint density at radius 1 is 1.18 bits per heavy atom. The van der Waals surface area contributed by atoms with Crippen molar-refractivity contribution in [3.8, 4) is 0 Å². The van der Waals surface area contributed by atoms with Crippen LogP contribution in [0.25, 0.3) is 0 Å². The molecule has 0 saturated heterocycles. The highest BCUT2D eigenvalue weighted by Crippen LogP contribution is 2.41. The summed E-state index contributed by atoms with van der Waals surface area (Å²) in [6.07, 6.45) is -4.13. The van der Waals surface area contributed by atoms with Gasteiger partial charge in [-0.05, 0) is 0 Å². The fourth-order valence-corrected chi connectivity index (χ4v) is 0.299. The zero-order valence-electron chi connectivity index (χ0n) is 4.93. The normalized spacial score (nSPS) is 18.5. The van der Waals surface area contributed by atoms with Gasteiger partial charge in [-0.2, -0.15) is 8.78 Å². The fraction of sp³-hybridized carbons (Fsp3) is 1.00. The molecule has 0 nitrogen and oxygen atoms in total. The minimum absolute atomic E-state index is 2.56. The Morgan fingerprint density at radius 3 is 1.64 bits per heavy atom. The molecule has 0 aromatic carbocycles. The highest BCUT2D eigenvalue weighted by atomic mass is 35.5. The van der Waals surface area contributed by atoms with Gasteiger partial charge in [-0.25, -0.2) is 17.6 Å². The Kier molecular flexibility index (Phi) is 3.05. The molecular formula is C4H3ClF6. The van der Waals surface area contributed by atoms with Crippen LogP contribution in [0.1, 0.15) is 0 Å². The second-order valence-electron chi connectivity index (χ2n) is 1.76. The molecule has 0 aliphatic carbocycles. The molecule has 0 aromatic heterocycles. The van der Waals surface area contributed by atoms with Gasteiger partial charge in [-0.15, -0.1) is 0 Å². The molecule has 0 saturated carbocycles. The molecule has 0 spiro atoms. The van der Waals surface area contributed by atoms with Gasteiger partial charge in [-0.1, -0.05) is 11.6 Å². The molecule has 0 fully saturated rings. The van der Waals surface area contributed by atoms with Crippen molar-refractivity contribution in [1.82, 2.24) is 0 Å². The Hall–Kier alpha value is -0.130. The molecule has 1 atom stereocenters. The first-order chi connectivity index (χ1) is 4.75. The summed E-state index contributed by atoms with van der Waals surface area (Å²) in [5, 5.41) is -4.62. The largest absolute Gasteiger partial charge is 0.328 e. The maximum atomic E-state index is 12.0. The van der Waals surface area contributed by atoms with E-state index in [2.05, 4.69) is 11.6 Å². The van der Waals surface area contributed by atoms with Gasteiger partial charge in [0.1, 0.15) is 0 Å². The first-order valence-corrected chi connectivity index (χ1v) is 2.73. The van der Waals surface area contributed by atoms with Crippen molar-refractivity contribution < 1.29 is 26.3 Å². The van der Waals surface area contributed by atoms with E-state index in [4.69, 9.17) is 0 Å². The molecule has 7 heteroatoms. The minimum atomic E-state index is -4.86. The topological polar surface area (TPSA) is 0 Å². The van der Waals surface area contributed by atoms with Gasteiger partial charge in [0.15, 0.2) is 6.67 Å². The average molecular weight is 201 g/mol. The van der Waals surface area contributed by atoms with Crippen molar-refractivity contribution in [2.45, 2.75) is 17.5 Å². The molecule has 68 valence electrons. The van der Waals surface area contributed by atoms with E-state index in [9.17, 15) is 26.3 Å². The van der Waals surface area contributed by atoms with Crippen LogP contribution in [-0.4, -0.2) is 24.2 Å². The van der Waals surface area contributed by atoms with Gasteiger partial charge in [0.05, 0.1) is 0 Å². The van der Waals surface area contributed by atoms with Gasteiger partial charge in [0.2, 0.25) is 0 Å². The summed E-state index contributed by atoms with van der Waals surface area (Å²) in [6.45, 7) is -2.56. The smallest absolute Gasteiger partial charge is 0.244 e. The van der Waals surface area contributed by atoms with Crippen LogP contribution in [0.4, 0.5) is 26.3 Å². The lowest BCUT2D eigenvalue weighted by atomic mass is 10.2. The number of alkyl halides is 7. The quantitative estimate of drug-likeness (QED) is 0.485. The van der Waals surface area contributed by atoms with E-state index in [0.29, 0.717) is 0 Å². The van der Waals surface area contributed by atoms with E-state index in [1.54, 1.807) is 0 Å². The third-order valence-electron chi connectivity index (χ3n) is 0.930. The van der Waals surface area contributed by atoms with Crippen molar-refractivity contribution >= 4 is 11.6 Å². The van der Waals surface area contributed by atoms with Crippen LogP contribution in [0.5, 0.6) is 0 Å². The molecule has 0 radical (unpaired) electrons. The maximum Gasteiger partial charge on any atom is 0.328 e. The SMILES string of the molecule is FCC(F)(F)C(F)(Cl)C(F)F. The molecule has 0 N–H and O–H groups in total. The van der Waals surface area contributed by atoms with Crippen LogP contribution in [0.15, 0.2) is 0 Å². The number of hydrogen-bond donors (Lipinski definition) is 0. The van der Waals surface area contributed by atoms with Crippen molar-refractivity contribution in [2.75, 3.05) is 6.67 Å². The van der Waals surface area contributed by atoms with E-state index < -0.39 is 24.2 Å². The molecule has 0 amide bonds. The second kappa shape index (κ2) is 3.08. The van der Waals surface area contributed by atoms with E-state index in [0.717, 1.165) is 0 Å². The van der Waals surface area contributed by atoms with Gasteiger partial charge in [-0.3, -0.25) is 0 Å². The Bertz CT molecular complexity index is 133. The molecule has 0 aliphatic rings. The highest BCUT2D eigenvalue weighted by molar-refractivity contribution is 6.23. The van der Waals surface area contributed by atoms with Crippen LogP contribution < -0.4 is 0 Å². The molecule has 0 bridgehead atoms. The average Bonchev–Trinajstić information content (AvgIpc) is 1.87. The van der Waals surface area contributed by atoms with Crippen LogP contribution in [0.2, 0.25) is 0 Å². The molecule has 1 unspecified atom stereocenters. The molecule has 0 aromatic rings. The van der Waals surface area contributed by atoms with E-state index in [1.165, 1.54) is 0 Å². The lowest BCUT2D eigenvalue weighted by Gasteiger charge is -2.24. The highest BCUT2D eigenvalue weighted by Gasteiger charge is 2.60. The zero-order chi connectivity index (χ0) is 9.28. The van der Waals surface area contributed by atoms with Crippen LogP contribution >= 0.6 is 11.6 Å². The van der Waals surface area contributed by atoms with Crippen molar-refractivity contribution in [3.05, 3.63) is 0 Å². The fourth-order valence-electron chi connectivity index (χ4n) is 0.249. The summed E-state index contributed by atoms with van der Waals surface area (Å²) >= 11 is 4.06. The predicted molar refractivity (Wildman–Crippen MR) is 26.6 cm³/mol. The summed E-state index contributed by atoms with van der Waals surface area (Å²) < 4.78 is 69.6. The molecule has 0 aliphatic heterocycles. The molecular weight excluding hydrogens is 197 g/mol. The minimum Gasteiger partial charge on any atom is -0.244 e. The van der Waals surface area contributed by atoms with E-state index >= 15 is 0 Å². The predicted octanol–water partition coefficient (Wildman–Crippen LogP) is 2.76. The molecule has 11 heavy (non-hydrogen) atoms. The van der Waals surface area contributed by atoms with Crippen molar-refractivity contribution in [2.24, 2.45) is 0 Å². The maximum absolute atomic E-state index is 12.0. The number of hydrogen-bond acceptors (Lipinski definition) is 0. The van der Waals surface area contributed by atoms with Crippen LogP contribution in [-0.2, 0) is 0 Å². The van der Waals surface area contributed by atoms with E-state index in [-0.39, 0.29) is 0 Å². The lowest BCUT2D eigenvalue weighted by molar-refractivity contribution is -0.160. The third kappa shape index (κ3) is 1.91. The van der Waals surface area contributed by atoms with Crippen LogP contribution in [0, 0.1) is 0 Å². The standard InChI is InChI=1S/C4H3ClF6/c5-4(11,2(7)8)3(9,10)1-6/h2H,1H2. The summed E-state index contributed by atoms with van der Waals surface area (Å²) in [4.78, 5) is 0. The molecule has 0 rings (SSSR count). The Morgan fingerprint density at radius 2 is 1.55 bits per heavy atom. The van der Waals surface area contributed by atoms with Gasteiger partial charge < -0.3 is 0 Å². The van der Waals surface area contributed by atoms with Gasteiger partial charge >= 0.3 is 11.1 Å². The summed E-state index contributed by atoms with van der Waals surface area (Å²) in [7, 11) is 0. The van der Waals surface area contributed by atoms with E-state index in [1.807, 2.05) is 0 Å². The Balaban J connectivity index is 4.53. The zero-order valence-corrected chi connectivity index (χ0v) is 5.69. The number of halogens is 7.